The summed E-state index contributed by atoms with van der Waals surface area (Å²) in [6.07, 6.45) is 0.634. The van der Waals surface area contributed by atoms with Crippen LogP contribution in [0.5, 0.6) is 0 Å². The fraction of sp³-hybridized carbons (Fsp3) is 0.833. The van der Waals surface area contributed by atoms with Gasteiger partial charge in [-0.05, 0) is 19.8 Å². The maximum atomic E-state index is 11.7. The number of carbonyl (C=O) groups excluding carboxylic acids is 1. The Morgan fingerprint density at radius 3 is 2.33 bits per heavy atom. The van der Waals surface area contributed by atoms with Crippen LogP contribution in [0.2, 0.25) is 0 Å². The lowest BCUT2D eigenvalue weighted by molar-refractivity contribution is -0.175. The van der Waals surface area contributed by atoms with E-state index in [4.69, 9.17) is 9.47 Å². The van der Waals surface area contributed by atoms with E-state index in [1.807, 2.05) is 0 Å². The van der Waals surface area contributed by atoms with Crippen LogP contribution in [0.4, 0.5) is 0 Å². The number of ether oxygens (including phenoxy) is 3. The van der Waals surface area contributed by atoms with Gasteiger partial charge in [-0.15, -0.1) is 0 Å². The number of carbonyl (C=O) groups is 2. The molecule has 18 heavy (non-hydrogen) atoms. The molecule has 0 aromatic rings. The second-order valence-corrected chi connectivity index (χ2v) is 4.56. The predicted molar refractivity (Wildman–Crippen MR) is 61.9 cm³/mol. The molecule has 1 heterocycles. The van der Waals surface area contributed by atoms with Crippen molar-refractivity contribution in [1.82, 2.24) is 0 Å². The number of hydrogen-bond acceptors (Lipinski definition) is 5. The van der Waals surface area contributed by atoms with Gasteiger partial charge in [-0.3, -0.25) is 9.59 Å². The van der Waals surface area contributed by atoms with E-state index < -0.39 is 23.1 Å². The Labute approximate surface area is 106 Å². The Bertz CT molecular complexity index is 321. The molecule has 6 nitrogen and oxygen atoms in total. The summed E-state index contributed by atoms with van der Waals surface area (Å²) in [5, 5.41) is 9.30. The molecule has 0 amide bonds. The summed E-state index contributed by atoms with van der Waals surface area (Å²) in [6, 6.07) is 0. The lowest BCUT2D eigenvalue weighted by atomic mass is 9.79. The Kier molecular flexibility index (Phi) is 4.70. The molecule has 0 unspecified atom stereocenters. The van der Waals surface area contributed by atoms with Gasteiger partial charge in [-0.1, -0.05) is 6.92 Å². The normalized spacial score (nSPS) is 21.3. The topological polar surface area (TPSA) is 82.1 Å². The van der Waals surface area contributed by atoms with E-state index in [0.29, 0.717) is 19.6 Å². The van der Waals surface area contributed by atoms with Crippen LogP contribution < -0.4 is 0 Å². The van der Waals surface area contributed by atoms with E-state index >= 15 is 0 Å². The number of esters is 1. The molecule has 104 valence electrons. The third kappa shape index (κ3) is 2.81. The quantitative estimate of drug-likeness (QED) is 0.570. The number of hydrogen-bond donors (Lipinski definition) is 1. The molecule has 1 fully saturated rings. The van der Waals surface area contributed by atoms with Gasteiger partial charge in [0.1, 0.15) is 0 Å². The SMILES string of the molecule is CC[C@@](CCC1(C)OCCO1)(C(=O)O)C(=O)OC. The molecule has 1 rings (SSSR count). The Balaban J connectivity index is 2.78. The van der Waals surface area contributed by atoms with Crippen LogP contribution in [0, 0.1) is 5.41 Å². The molecule has 1 saturated heterocycles. The minimum atomic E-state index is -1.52. The minimum Gasteiger partial charge on any atom is -0.480 e. The van der Waals surface area contributed by atoms with Crippen molar-refractivity contribution >= 4 is 11.9 Å². The Morgan fingerprint density at radius 2 is 1.94 bits per heavy atom. The van der Waals surface area contributed by atoms with E-state index in [2.05, 4.69) is 4.74 Å². The Hall–Kier alpha value is -1.14. The highest BCUT2D eigenvalue weighted by molar-refractivity contribution is 5.99. The largest absolute Gasteiger partial charge is 0.480 e. The maximum absolute atomic E-state index is 11.7. The molecule has 0 bridgehead atoms. The molecule has 1 aliphatic heterocycles. The van der Waals surface area contributed by atoms with Crippen LogP contribution in [-0.4, -0.2) is 43.2 Å². The summed E-state index contributed by atoms with van der Waals surface area (Å²) in [5.74, 6) is -2.69. The van der Waals surface area contributed by atoms with Crippen LogP contribution in [0.1, 0.15) is 33.1 Å². The van der Waals surface area contributed by atoms with Gasteiger partial charge in [-0.2, -0.15) is 0 Å². The van der Waals surface area contributed by atoms with Gasteiger partial charge in [0.15, 0.2) is 11.2 Å². The summed E-state index contributed by atoms with van der Waals surface area (Å²) in [5.41, 5.74) is -1.52. The van der Waals surface area contributed by atoms with E-state index in [9.17, 15) is 14.7 Å². The number of carboxylic acid groups (broad SMARTS) is 1. The molecule has 1 atom stereocenters. The zero-order chi connectivity index (χ0) is 13.8. The molecule has 0 aliphatic carbocycles. The predicted octanol–water partition coefficient (Wildman–Crippen LogP) is 1.18. The van der Waals surface area contributed by atoms with Crippen molar-refractivity contribution in [1.29, 1.82) is 0 Å². The zero-order valence-corrected chi connectivity index (χ0v) is 11.0. The maximum Gasteiger partial charge on any atom is 0.323 e. The van der Waals surface area contributed by atoms with Gasteiger partial charge in [-0.25, -0.2) is 0 Å². The molecule has 6 heteroatoms. The van der Waals surface area contributed by atoms with Crippen molar-refractivity contribution in [2.75, 3.05) is 20.3 Å². The fourth-order valence-corrected chi connectivity index (χ4v) is 2.11. The van der Waals surface area contributed by atoms with Crippen molar-refractivity contribution in [3.63, 3.8) is 0 Å². The molecule has 1 aliphatic rings. The van der Waals surface area contributed by atoms with Crippen LogP contribution in [0.25, 0.3) is 0 Å². The average molecular weight is 260 g/mol. The van der Waals surface area contributed by atoms with Crippen LogP contribution in [0.15, 0.2) is 0 Å². The van der Waals surface area contributed by atoms with Gasteiger partial charge in [0.05, 0.1) is 20.3 Å². The zero-order valence-electron chi connectivity index (χ0n) is 11.0. The summed E-state index contributed by atoms with van der Waals surface area (Å²) in [7, 11) is 1.19. The fourth-order valence-electron chi connectivity index (χ4n) is 2.11. The number of methoxy groups -OCH3 is 1. The van der Waals surface area contributed by atoms with Crippen molar-refractivity contribution in [2.24, 2.45) is 5.41 Å². The van der Waals surface area contributed by atoms with E-state index in [1.165, 1.54) is 7.11 Å². The summed E-state index contributed by atoms with van der Waals surface area (Å²) >= 11 is 0. The molecular formula is C12H20O6. The third-order valence-electron chi connectivity index (χ3n) is 3.49. The minimum absolute atomic E-state index is 0.127. The first-order valence-corrected chi connectivity index (χ1v) is 6.00. The number of aliphatic carboxylic acids is 1. The van der Waals surface area contributed by atoms with Crippen LogP contribution in [0.3, 0.4) is 0 Å². The first kappa shape index (κ1) is 14.9. The number of rotatable bonds is 6. The lowest BCUT2D eigenvalue weighted by Crippen LogP contribution is -2.42. The summed E-state index contributed by atoms with van der Waals surface area (Å²) < 4.78 is 15.4. The summed E-state index contributed by atoms with van der Waals surface area (Å²) in [4.78, 5) is 23.1. The first-order valence-electron chi connectivity index (χ1n) is 6.00. The molecule has 0 spiro atoms. The molecule has 0 saturated carbocycles. The third-order valence-corrected chi connectivity index (χ3v) is 3.49. The highest BCUT2D eigenvalue weighted by Crippen LogP contribution is 2.35. The van der Waals surface area contributed by atoms with Crippen LogP contribution >= 0.6 is 0 Å². The van der Waals surface area contributed by atoms with Gasteiger partial charge in [0.2, 0.25) is 0 Å². The Morgan fingerprint density at radius 1 is 1.39 bits per heavy atom. The standard InChI is InChI=1S/C12H20O6/c1-4-12(9(13)14,10(15)16-3)6-5-11(2)17-7-8-18-11/h4-8H2,1-3H3,(H,13,14)/t12-/m1/s1. The van der Waals surface area contributed by atoms with E-state index in [1.54, 1.807) is 13.8 Å². The van der Waals surface area contributed by atoms with Crippen molar-refractivity contribution < 1.29 is 28.9 Å². The highest BCUT2D eigenvalue weighted by Gasteiger charge is 2.47. The molecule has 0 aromatic carbocycles. The monoisotopic (exact) mass is 260 g/mol. The highest BCUT2D eigenvalue weighted by atomic mass is 16.7. The average Bonchev–Trinajstić information content (AvgIpc) is 2.77. The number of carboxylic acids is 1. The lowest BCUT2D eigenvalue weighted by Gasteiger charge is -2.29. The van der Waals surface area contributed by atoms with E-state index in [-0.39, 0.29) is 12.8 Å². The van der Waals surface area contributed by atoms with Gasteiger partial charge in [0, 0.05) is 6.42 Å². The smallest absolute Gasteiger partial charge is 0.323 e. The van der Waals surface area contributed by atoms with Crippen LogP contribution in [-0.2, 0) is 23.8 Å². The molecular weight excluding hydrogens is 240 g/mol. The van der Waals surface area contributed by atoms with Crippen molar-refractivity contribution in [3.8, 4) is 0 Å². The van der Waals surface area contributed by atoms with Crippen molar-refractivity contribution in [2.45, 2.75) is 38.9 Å². The summed E-state index contributed by atoms with van der Waals surface area (Å²) in [6.45, 7) is 4.38. The van der Waals surface area contributed by atoms with Gasteiger partial charge >= 0.3 is 11.9 Å². The van der Waals surface area contributed by atoms with Gasteiger partial charge in [0.25, 0.3) is 0 Å². The molecule has 1 N–H and O–H groups in total. The first-order chi connectivity index (χ1) is 8.40. The van der Waals surface area contributed by atoms with E-state index in [0.717, 1.165) is 0 Å². The van der Waals surface area contributed by atoms with Gasteiger partial charge < -0.3 is 19.3 Å². The second-order valence-electron chi connectivity index (χ2n) is 4.56. The van der Waals surface area contributed by atoms with Crippen molar-refractivity contribution in [3.05, 3.63) is 0 Å². The molecule has 0 aromatic heterocycles. The second kappa shape index (κ2) is 5.67. The molecule has 0 radical (unpaired) electrons.